The number of hydrogen-bond acceptors (Lipinski definition) is 4. The maximum atomic E-state index is 12.8. The third-order valence-electron chi connectivity index (χ3n) is 4.18. The molecule has 0 radical (unpaired) electrons. The summed E-state index contributed by atoms with van der Waals surface area (Å²) in [5, 5.41) is 13.9. The predicted molar refractivity (Wildman–Crippen MR) is 91.0 cm³/mol. The third-order valence-corrected chi connectivity index (χ3v) is 4.44. The van der Waals surface area contributed by atoms with Gasteiger partial charge in [-0.15, -0.1) is 0 Å². The highest BCUT2D eigenvalue weighted by Gasteiger charge is 2.48. The summed E-state index contributed by atoms with van der Waals surface area (Å²) in [6.07, 6.45) is 0. The summed E-state index contributed by atoms with van der Waals surface area (Å²) in [6.45, 7) is 1.66. The fourth-order valence-corrected chi connectivity index (χ4v) is 2.85. The zero-order valence-corrected chi connectivity index (χ0v) is 14.0. The molecular formula is C17H14ClN3O4. The van der Waals surface area contributed by atoms with Gasteiger partial charge in [0, 0.05) is 17.2 Å². The first-order chi connectivity index (χ1) is 11.8. The lowest BCUT2D eigenvalue weighted by Gasteiger charge is -2.22. The van der Waals surface area contributed by atoms with E-state index in [1.807, 2.05) is 0 Å². The second-order valence-electron chi connectivity index (χ2n) is 5.88. The Bertz CT molecular complexity index is 851. The van der Waals surface area contributed by atoms with Crippen LogP contribution in [0.4, 0.5) is 10.5 Å². The molecule has 1 aliphatic heterocycles. The average Bonchev–Trinajstić information content (AvgIpc) is 2.80. The number of nitro benzene ring substituents is 1. The van der Waals surface area contributed by atoms with E-state index in [9.17, 15) is 19.7 Å². The number of benzene rings is 2. The minimum atomic E-state index is -1.18. The smallest absolute Gasteiger partial charge is 0.319 e. The van der Waals surface area contributed by atoms with Gasteiger partial charge in [-0.05, 0) is 30.2 Å². The SMILES string of the molecule is C[C@]1(c2ccc(Cl)cc2)NC(=O)N(Cc2ccc([N+](=O)[O-])cc2)C1=O. The maximum Gasteiger partial charge on any atom is 0.325 e. The van der Waals surface area contributed by atoms with Crippen molar-refractivity contribution in [3.63, 3.8) is 0 Å². The topological polar surface area (TPSA) is 92.6 Å². The van der Waals surface area contributed by atoms with Gasteiger partial charge in [-0.2, -0.15) is 0 Å². The van der Waals surface area contributed by atoms with Crippen molar-refractivity contribution in [2.75, 3.05) is 0 Å². The van der Waals surface area contributed by atoms with E-state index >= 15 is 0 Å². The van der Waals surface area contributed by atoms with Crippen molar-refractivity contribution in [3.05, 3.63) is 74.8 Å². The Labute approximate surface area is 148 Å². The van der Waals surface area contributed by atoms with Crippen LogP contribution in [0.3, 0.4) is 0 Å². The van der Waals surface area contributed by atoms with E-state index in [4.69, 9.17) is 11.6 Å². The molecule has 1 N–H and O–H groups in total. The van der Waals surface area contributed by atoms with E-state index in [2.05, 4.69) is 5.32 Å². The van der Waals surface area contributed by atoms with Gasteiger partial charge in [0.15, 0.2) is 0 Å². The van der Waals surface area contributed by atoms with Crippen molar-refractivity contribution in [3.8, 4) is 0 Å². The van der Waals surface area contributed by atoms with Gasteiger partial charge >= 0.3 is 6.03 Å². The zero-order chi connectivity index (χ0) is 18.2. The van der Waals surface area contributed by atoms with Gasteiger partial charge in [-0.1, -0.05) is 35.9 Å². The molecule has 0 bridgehead atoms. The fourth-order valence-electron chi connectivity index (χ4n) is 2.73. The lowest BCUT2D eigenvalue weighted by molar-refractivity contribution is -0.384. The standard InChI is InChI=1S/C17H14ClN3O4/c1-17(12-4-6-13(18)7-5-12)15(22)20(16(23)19-17)10-11-2-8-14(9-3-11)21(24)25/h2-9H,10H2,1H3,(H,19,23)/t17-/m1/s1. The van der Waals surface area contributed by atoms with Crippen LogP contribution in [0, 0.1) is 10.1 Å². The second-order valence-corrected chi connectivity index (χ2v) is 6.31. The minimum Gasteiger partial charge on any atom is -0.319 e. The van der Waals surface area contributed by atoms with Gasteiger partial charge < -0.3 is 5.32 Å². The summed E-state index contributed by atoms with van der Waals surface area (Å²) in [5.74, 6) is -0.391. The summed E-state index contributed by atoms with van der Waals surface area (Å²) < 4.78 is 0. The number of nitro groups is 1. The van der Waals surface area contributed by atoms with Crippen LogP contribution in [0.5, 0.6) is 0 Å². The lowest BCUT2D eigenvalue weighted by Crippen LogP contribution is -2.40. The van der Waals surface area contributed by atoms with E-state index < -0.39 is 22.4 Å². The number of amides is 3. The van der Waals surface area contributed by atoms with Crippen molar-refractivity contribution in [2.24, 2.45) is 0 Å². The van der Waals surface area contributed by atoms with Crippen LogP contribution < -0.4 is 5.32 Å². The molecule has 1 saturated heterocycles. The maximum absolute atomic E-state index is 12.8. The molecule has 7 nitrogen and oxygen atoms in total. The van der Waals surface area contributed by atoms with Crippen molar-refractivity contribution < 1.29 is 14.5 Å². The Morgan fingerprint density at radius 3 is 2.28 bits per heavy atom. The number of carbonyl (C=O) groups excluding carboxylic acids is 2. The number of imide groups is 1. The van der Waals surface area contributed by atoms with Crippen LogP contribution in [0.1, 0.15) is 18.1 Å². The van der Waals surface area contributed by atoms with E-state index in [1.165, 1.54) is 24.3 Å². The van der Waals surface area contributed by atoms with Crippen LogP contribution in [-0.4, -0.2) is 21.8 Å². The first-order valence-corrected chi connectivity index (χ1v) is 7.82. The molecule has 3 rings (SSSR count). The fraction of sp³-hybridized carbons (Fsp3) is 0.176. The normalized spacial score (nSPS) is 19.8. The second kappa shape index (κ2) is 6.18. The highest BCUT2D eigenvalue weighted by molar-refractivity contribution is 6.30. The van der Waals surface area contributed by atoms with Gasteiger partial charge in [-0.25, -0.2) is 4.79 Å². The molecule has 8 heteroatoms. The largest absolute Gasteiger partial charge is 0.325 e. The molecule has 25 heavy (non-hydrogen) atoms. The molecule has 0 spiro atoms. The van der Waals surface area contributed by atoms with Gasteiger partial charge in [0.25, 0.3) is 11.6 Å². The van der Waals surface area contributed by atoms with Crippen LogP contribution in [-0.2, 0) is 16.9 Å². The predicted octanol–water partition coefficient (Wildman–Crippen LogP) is 3.22. The van der Waals surface area contributed by atoms with Crippen molar-refractivity contribution in [2.45, 2.75) is 19.0 Å². The lowest BCUT2D eigenvalue weighted by atomic mass is 9.92. The number of halogens is 1. The van der Waals surface area contributed by atoms with Gasteiger partial charge in [0.2, 0.25) is 0 Å². The third kappa shape index (κ3) is 3.06. The number of urea groups is 1. The summed E-state index contributed by atoms with van der Waals surface area (Å²) in [4.78, 5) is 36.4. The molecule has 1 atom stereocenters. The van der Waals surface area contributed by atoms with Crippen molar-refractivity contribution >= 4 is 29.2 Å². The average molecular weight is 360 g/mol. The molecule has 0 saturated carbocycles. The molecule has 0 aliphatic carbocycles. The van der Waals surface area contributed by atoms with Gasteiger partial charge in [0.1, 0.15) is 5.54 Å². The van der Waals surface area contributed by atoms with Gasteiger partial charge in [-0.3, -0.25) is 19.8 Å². The molecular weight excluding hydrogens is 346 g/mol. The Hall–Kier alpha value is -2.93. The summed E-state index contributed by atoms with van der Waals surface area (Å²) in [5.41, 5.74) is 0.0190. The first kappa shape index (κ1) is 16.9. The van der Waals surface area contributed by atoms with Crippen molar-refractivity contribution in [1.29, 1.82) is 0 Å². The summed E-state index contributed by atoms with van der Waals surface area (Å²) in [7, 11) is 0. The molecule has 0 unspecified atom stereocenters. The van der Waals surface area contributed by atoms with E-state index in [0.717, 1.165) is 4.90 Å². The van der Waals surface area contributed by atoms with Crippen LogP contribution in [0.15, 0.2) is 48.5 Å². The van der Waals surface area contributed by atoms with E-state index in [1.54, 1.807) is 31.2 Å². The number of nitrogens with zero attached hydrogens (tertiary/aromatic N) is 2. The molecule has 1 fully saturated rings. The Kier molecular flexibility index (Phi) is 4.18. The van der Waals surface area contributed by atoms with Crippen molar-refractivity contribution in [1.82, 2.24) is 10.2 Å². The molecule has 2 aromatic rings. The quantitative estimate of drug-likeness (QED) is 0.515. The summed E-state index contributed by atoms with van der Waals surface area (Å²) >= 11 is 5.87. The molecule has 1 aliphatic rings. The molecule has 128 valence electrons. The monoisotopic (exact) mass is 359 g/mol. The number of nitrogens with one attached hydrogen (secondary N) is 1. The van der Waals surface area contributed by atoms with E-state index in [0.29, 0.717) is 16.1 Å². The number of hydrogen-bond donors (Lipinski definition) is 1. The van der Waals surface area contributed by atoms with Crippen LogP contribution >= 0.6 is 11.6 Å². The number of carbonyl (C=O) groups is 2. The van der Waals surface area contributed by atoms with Crippen LogP contribution in [0.25, 0.3) is 0 Å². The highest BCUT2D eigenvalue weighted by atomic mass is 35.5. The number of non-ortho nitro benzene ring substituents is 1. The molecule has 0 aromatic heterocycles. The molecule has 2 aromatic carbocycles. The highest BCUT2D eigenvalue weighted by Crippen LogP contribution is 2.30. The van der Waals surface area contributed by atoms with Crippen LogP contribution in [0.2, 0.25) is 5.02 Å². The molecule has 1 heterocycles. The summed E-state index contributed by atoms with van der Waals surface area (Å²) in [6, 6.07) is 11.9. The Morgan fingerprint density at radius 2 is 1.72 bits per heavy atom. The Morgan fingerprint density at radius 1 is 1.12 bits per heavy atom. The zero-order valence-electron chi connectivity index (χ0n) is 13.2. The first-order valence-electron chi connectivity index (χ1n) is 7.45. The Balaban J connectivity index is 1.83. The minimum absolute atomic E-state index is 0.0336. The molecule has 3 amide bonds. The van der Waals surface area contributed by atoms with E-state index in [-0.39, 0.29) is 12.2 Å². The van der Waals surface area contributed by atoms with Gasteiger partial charge in [0.05, 0.1) is 11.5 Å². The number of rotatable bonds is 4.